The molecule has 2 rings (SSSR count). The summed E-state index contributed by atoms with van der Waals surface area (Å²) >= 11 is 0. The standard InChI is InChI=1S/C16H24N2O4S/c1-3-12(2)17-23(21,22)15-11-13(16(19)20)7-8-14(15)18-9-5-4-6-10-18/h7-8,11-12,17H,3-6,9-10H2,1-2H3,(H,19,20)/t12-/m0/s1. The molecular formula is C16H24N2O4S. The van der Waals surface area contributed by atoms with E-state index in [9.17, 15) is 18.3 Å². The van der Waals surface area contributed by atoms with Crippen LogP contribution in [0.3, 0.4) is 0 Å². The molecule has 1 aliphatic rings. The van der Waals surface area contributed by atoms with Gasteiger partial charge in [-0.2, -0.15) is 0 Å². The van der Waals surface area contributed by atoms with Crippen LogP contribution < -0.4 is 9.62 Å². The lowest BCUT2D eigenvalue weighted by atomic mass is 10.1. The van der Waals surface area contributed by atoms with Crippen molar-refractivity contribution in [2.75, 3.05) is 18.0 Å². The van der Waals surface area contributed by atoms with Crippen molar-refractivity contribution < 1.29 is 18.3 Å². The predicted octanol–water partition coefficient (Wildman–Crippen LogP) is 2.45. The zero-order valence-corrected chi connectivity index (χ0v) is 14.4. The first-order valence-electron chi connectivity index (χ1n) is 7.99. The van der Waals surface area contributed by atoms with E-state index in [2.05, 4.69) is 4.72 Å². The number of anilines is 1. The number of nitrogens with one attached hydrogen (secondary N) is 1. The number of carbonyl (C=O) groups is 1. The zero-order chi connectivity index (χ0) is 17.0. The van der Waals surface area contributed by atoms with Crippen molar-refractivity contribution in [1.29, 1.82) is 0 Å². The number of piperidine rings is 1. The van der Waals surface area contributed by atoms with Crippen molar-refractivity contribution in [3.8, 4) is 0 Å². The number of rotatable bonds is 6. The van der Waals surface area contributed by atoms with Crippen molar-refractivity contribution in [3.63, 3.8) is 0 Å². The Bertz CT molecular complexity index is 667. The average molecular weight is 340 g/mol. The van der Waals surface area contributed by atoms with E-state index in [1.807, 2.05) is 11.8 Å². The van der Waals surface area contributed by atoms with Gasteiger partial charge in [-0.15, -0.1) is 0 Å². The summed E-state index contributed by atoms with van der Waals surface area (Å²) in [7, 11) is -3.76. The van der Waals surface area contributed by atoms with Gasteiger partial charge in [0.05, 0.1) is 11.3 Å². The summed E-state index contributed by atoms with van der Waals surface area (Å²) in [5.74, 6) is -1.13. The van der Waals surface area contributed by atoms with Gasteiger partial charge in [0.25, 0.3) is 0 Å². The smallest absolute Gasteiger partial charge is 0.335 e. The van der Waals surface area contributed by atoms with Crippen LogP contribution in [-0.4, -0.2) is 38.6 Å². The number of sulfonamides is 1. The van der Waals surface area contributed by atoms with Gasteiger partial charge in [0.2, 0.25) is 10.0 Å². The van der Waals surface area contributed by atoms with Gasteiger partial charge >= 0.3 is 5.97 Å². The van der Waals surface area contributed by atoms with Gasteiger partial charge in [-0.1, -0.05) is 6.92 Å². The molecule has 2 N–H and O–H groups in total. The topological polar surface area (TPSA) is 86.7 Å². The number of carboxylic acid groups (broad SMARTS) is 1. The highest BCUT2D eigenvalue weighted by molar-refractivity contribution is 7.89. The van der Waals surface area contributed by atoms with Gasteiger partial charge in [-0.3, -0.25) is 0 Å². The quantitative estimate of drug-likeness (QED) is 0.831. The molecule has 1 aromatic carbocycles. The maximum Gasteiger partial charge on any atom is 0.335 e. The van der Waals surface area contributed by atoms with Crippen molar-refractivity contribution in [2.24, 2.45) is 0 Å². The lowest BCUT2D eigenvalue weighted by molar-refractivity contribution is 0.0696. The number of carboxylic acids is 1. The summed E-state index contributed by atoms with van der Waals surface area (Å²) in [5, 5.41) is 9.18. The summed E-state index contributed by atoms with van der Waals surface area (Å²) in [6, 6.07) is 4.13. The molecule has 1 saturated heterocycles. The average Bonchev–Trinajstić information content (AvgIpc) is 2.54. The van der Waals surface area contributed by atoms with Crippen LogP contribution in [0.4, 0.5) is 5.69 Å². The minimum absolute atomic E-state index is 0.0183. The Morgan fingerprint density at radius 2 is 1.96 bits per heavy atom. The Hall–Kier alpha value is -1.60. The van der Waals surface area contributed by atoms with Crippen molar-refractivity contribution >= 4 is 21.7 Å². The molecule has 6 nitrogen and oxygen atoms in total. The van der Waals surface area contributed by atoms with Crippen molar-refractivity contribution in [3.05, 3.63) is 23.8 Å². The predicted molar refractivity (Wildman–Crippen MR) is 89.5 cm³/mol. The first-order valence-corrected chi connectivity index (χ1v) is 9.48. The minimum atomic E-state index is -3.76. The lowest BCUT2D eigenvalue weighted by Crippen LogP contribution is -2.35. The molecule has 0 bridgehead atoms. The van der Waals surface area contributed by atoms with Crippen LogP contribution in [0.15, 0.2) is 23.1 Å². The summed E-state index contributed by atoms with van der Waals surface area (Å²) in [6.45, 7) is 5.27. The van der Waals surface area contributed by atoms with Gasteiger partial charge in [0.15, 0.2) is 0 Å². The first-order chi connectivity index (χ1) is 10.8. The summed E-state index contributed by atoms with van der Waals surface area (Å²) < 4.78 is 28.0. The molecule has 23 heavy (non-hydrogen) atoms. The number of nitrogens with zero attached hydrogens (tertiary/aromatic N) is 1. The first kappa shape index (κ1) is 17.7. The number of hydrogen-bond donors (Lipinski definition) is 2. The third-order valence-corrected chi connectivity index (χ3v) is 5.78. The molecule has 1 fully saturated rings. The summed E-state index contributed by atoms with van der Waals surface area (Å²) in [5.41, 5.74) is 0.570. The van der Waals surface area contributed by atoms with Crippen LogP contribution in [0.25, 0.3) is 0 Å². The number of hydrogen-bond acceptors (Lipinski definition) is 4. The van der Waals surface area contributed by atoms with E-state index < -0.39 is 16.0 Å². The Balaban J connectivity index is 2.48. The second-order valence-electron chi connectivity index (χ2n) is 5.97. The molecule has 128 valence electrons. The maximum absolute atomic E-state index is 12.7. The van der Waals surface area contributed by atoms with E-state index in [0.717, 1.165) is 32.4 Å². The Kier molecular flexibility index (Phi) is 5.64. The Labute approximate surface area is 137 Å². The second kappa shape index (κ2) is 7.31. The Morgan fingerprint density at radius 3 is 2.52 bits per heavy atom. The van der Waals surface area contributed by atoms with Gasteiger partial charge in [0, 0.05) is 19.1 Å². The molecule has 0 radical (unpaired) electrons. The highest BCUT2D eigenvalue weighted by Gasteiger charge is 2.25. The SMILES string of the molecule is CC[C@H](C)NS(=O)(=O)c1cc(C(=O)O)ccc1N1CCCCC1. The molecule has 0 amide bonds. The maximum atomic E-state index is 12.7. The minimum Gasteiger partial charge on any atom is -0.478 e. The van der Waals surface area contributed by atoms with E-state index in [1.165, 1.54) is 12.1 Å². The molecule has 1 heterocycles. The van der Waals surface area contributed by atoms with Crippen LogP contribution in [0.5, 0.6) is 0 Å². The molecule has 0 unspecified atom stereocenters. The third-order valence-electron chi connectivity index (χ3n) is 4.16. The molecule has 7 heteroatoms. The van der Waals surface area contributed by atoms with Gasteiger partial charge in [0.1, 0.15) is 4.90 Å². The third kappa shape index (κ3) is 4.23. The van der Waals surface area contributed by atoms with Crippen molar-refractivity contribution in [1.82, 2.24) is 4.72 Å². The van der Waals surface area contributed by atoms with E-state index in [4.69, 9.17) is 0 Å². The van der Waals surface area contributed by atoms with E-state index >= 15 is 0 Å². The van der Waals surface area contributed by atoms with Crippen LogP contribution in [0.2, 0.25) is 0 Å². The van der Waals surface area contributed by atoms with Crippen LogP contribution in [0, 0.1) is 0 Å². The van der Waals surface area contributed by atoms with Gasteiger partial charge in [-0.25, -0.2) is 17.9 Å². The fourth-order valence-corrected chi connectivity index (χ4v) is 4.25. The largest absolute Gasteiger partial charge is 0.478 e. The molecular weight excluding hydrogens is 316 g/mol. The monoisotopic (exact) mass is 340 g/mol. The van der Waals surface area contributed by atoms with Gasteiger partial charge in [-0.05, 0) is 50.8 Å². The highest BCUT2D eigenvalue weighted by atomic mass is 32.2. The summed E-state index contributed by atoms with van der Waals surface area (Å²) in [4.78, 5) is 13.3. The molecule has 1 aliphatic heterocycles. The van der Waals surface area contributed by atoms with Crippen LogP contribution in [0.1, 0.15) is 49.9 Å². The van der Waals surface area contributed by atoms with Crippen LogP contribution >= 0.6 is 0 Å². The molecule has 0 aromatic heterocycles. The number of aromatic carboxylic acids is 1. The fourth-order valence-electron chi connectivity index (χ4n) is 2.67. The Morgan fingerprint density at radius 1 is 1.30 bits per heavy atom. The fraction of sp³-hybridized carbons (Fsp3) is 0.562. The zero-order valence-electron chi connectivity index (χ0n) is 13.6. The molecule has 1 aromatic rings. The second-order valence-corrected chi connectivity index (χ2v) is 7.65. The highest BCUT2D eigenvalue weighted by Crippen LogP contribution is 2.29. The molecule has 1 atom stereocenters. The molecule has 0 spiro atoms. The van der Waals surface area contributed by atoms with E-state index in [-0.39, 0.29) is 16.5 Å². The number of benzene rings is 1. The van der Waals surface area contributed by atoms with Gasteiger partial charge < -0.3 is 10.0 Å². The van der Waals surface area contributed by atoms with E-state index in [0.29, 0.717) is 12.1 Å². The lowest BCUT2D eigenvalue weighted by Gasteiger charge is -2.30. The van der Waals surface area contributed by atoms with Crippen LogP contribution in [-0.2, 0) is 10.0 Å². The van der Waals surface area contributed by atoms with E-state index in [1.54, 1.807) is 13.0 Å². The summed E-state index contributed by atoms with van der Waals surface area (Å²) in [6.07, 6.45) is 3.83. The molecule has 0 saturated carbocycles. The molecule has 0 aliphatic carbocycles. The normalized spacial score (nSPS) is 17.0. The van der Waals surface area contributed by atoms with Crippen molar-refractivity contribution in [2.45, 2.75) is 50.5 Å².